The van der Waals surface area contributed by atoms with E-state index in [9.17, 15) is 14.4 Å². The summed E-state index contributed by atoms with van der Waals surface area (Å²) in [4.78, 5) is 44.9. The molecule has 1 saturated heterocycles. The summed E-state index contributed by atoms with van der Waals surface area (Å²) in [5.74, 6) is -0.791. The quantitative estimate of drug-likeness (QED) is 0.638. The summed E-state index contributed by atoms with van der Waals surface area (Å²) in [5, 5.41) is 0.359. The lowest BCUT2D eigenvalue weighted by molar-refractivity contribution is -0.126. The van der Waals surface area contributed by atoms with Crippen LogP contribution in [0.4, 0.5) is 5.69 Å². The summed E-state index contributed by atoms with van der Waals surface area (Å²) in [7, 11) is 0. The first-order valence-corrected chi connectivity index (χ1v) is 11.0. The number of benzene rings is 2. The summed E-state index contributed by atoms with van der Waals surface area (Å²) >= 11 is 0. The third-order valence-corrected chi connectivity index (χ3v) is 6.87. The van der Waals surface area contributed by atoms with Gasteiger partial charge in [0, 0.05) is 25.3 Å². The maximum atomic E-state index is 14.1. The molecule has 0 bridgehead atoms. The van der Waals surface area contributed by atoms with Crippen molar-refractivity contribution in [1.29, 1.82) is 0 Å². The normalized spacial score (nSPS) is 24.1. The highest BCUT2D eigenvalue weighted by Crippen LogP contribution is 2.52. The Hall–Kier alpha value is -3.45. The Bertz CT molecular complexity index is 1340. The third-order valence-electron chi connectivity index (χ3n) is 6.87. The fourth-order valence-corrected chi connectivity index (χ4v) is 5.49. The Morgan fingerprint density at radius 1 is 1.06 bits per heavy atom. The van der Waals surface area contributed by atoms with Crippen LogP contribution in [0.25, 0.3) is 11.0 Å². The van der Waals surface area contributed by atoms with Crippen LogP contribution in [-0.4, -0.2) is 42.5 Å². The van der Waals surface area contributed by atoms with Crippen LogP contribution in [-0.2, 0) is 15.1 Å². The SMILES string of the molecule is CCN1C(=O)[C@]2(c3ccccc31)c1c(oc3ccccc3c1=O)C(=O)N2C[C@@H]1CCCO1. The minimum Gasteiger partial charge on any atom is -0.450 e. The first-order valence-electron chi connectivity index (χ1n) is 11.0. The Morgan fingerprint density at radius 2 is 1.84 bits per heavy atom. The number of ether oxygens (including phenoxy) is 1. The number of nitrogens with zero attached hydrogens (tertiary/aromatic N) is 2. The van der Waals surface area contributed by atoms with E-state index < -0.39 is 11.4 Å². The van der Waals surface area contributed by atoms with Gasteiger partial charge in [0.1, 0.15) is 5.58 Å². The molecule has 3 aliphatic heterocycles. The Kier molecular flexibility index (Phi) is 4.07. The number of likely N-dealkylation sites (N-methyl/N-ethyl adjacent to an activating group) is 1. The average molecular weight is 430 g/mol. The predicted octanol–water partition coefficient (Wildman–Crippen LogP) is 3.04. The van der Waals surface area contributed by atoms with Crippen LogP contribution in [0, 0.1) is 0 Å². The predicted molar refractivity (Wildman–Crippen MR) is 118 cm³/mol. The zero-order valence-electron chi connectivity index (χ0n) is 17.7. The van der Waals surface area contributed by atoms with Gasteiger partial charge in [-0.1, -0.05) is 30.3 Å². The molecule has 4 heterocycles. The maximum absolute atomic E-state index is 14.1. The second-order valence-corrected chi connectivity index (χ2v) is 8.46. The van der Waals surface area contributed by atoms with E-state index in [1.807, 2.05) is 31.2 Å². The third kappa shape index (κ3) is 2.26. The van der Waals surface area contributed by atoms with Gasteiger partial charge in [0.05, 0.1) is 22.7 Å². The van der Waals surface area contributed by atoms with Crippen molar-refractivity contribution in [2.75, 3.05) is 24.6 Å². The minimum absolute atomic E-state index is 0.0483. The summed E-state index contributed by atoms with van der Waals surface area (Å²) < 4.78 is 11.8. The number of para-hydroxylation sites is 2. The number of carbonyl (C=O) groups is 2. The molecule has 2 atom stereocenters. The summed E-state index contributed by atoms with van der Waals surface area (Å²) in [6.07, 6.45) is 1.51. The van der Waals surface area contributed by atoms with E-state index in [4.69, 9.17) is 9.15 Å². The molecule has 3 aromatic rings. The number of anilines is 1. The number of amides is 2. The molecule has 1 spiro atoms. The number of carbonyl (C=O) groups excluding carboxylic acids is 2. The first kappa shape index (κ1) is 19.3. The highest BCUT2D eigenvalue weighted by Gasteiger charge is 2.65. The molecule has 162 valence electrons. The maximum Gasteiger partial charge on any atom is 0.291 e. The number of hydrogen-bond acceptors (Lipinski definition) is 5. The van der Waals surface area contributed by atoms with E-state index >= 15 is 0 Å². The van der Waals surface area contributed by atoms with Crippen LogP contribution >= 0.6 is 0 Å². The zero-order valence-corrected chi connectivity index (χ0v) is 17.7. The molecule has 32 heavy (non-hydrogen) atoms. The van der Waals surface area contributed by atoms with Crippen molar-refractivity contribution in [3.8, 4) is 0 Å². The molecule has 7 nitrogen and oxygen atoms in total. The first-order chi connectivity index (χ1) is 15.6. The van der Waals surface area contributed by atoms with Crippen LogP contribution in [0.1, 0.15) is 41.4 Å². The van der Waals surface area contributed by atoms with E-state index in [1.54, 1.807) is 29.2 Å². The van der Waals surface area contributed by atoms with Gasteiger partial charge in [-0.2, -0.15) is 0 Å². The molecule has 6 rings (SSSR count). The molecule has 2 aromatic carbocycles. The van der Waals surface area contributed by atoms with Crippen LogP contribution < -0.4 is 10.3 Å². The average Bonchev–Trinajstić information content (AvgIpc) is 3.47. The van der Waals surface area contributed by atoms with Gasteiger partial charge >= 0.3 is 0 Å². The second-order valence-electron chi connectivity index (χ2n) is 8.46. The van der Waals surface area contributed by atoms with Crippen molar-refractivity contribution in [2.45, 2.75) is 31.4 Å². The number of hydrogen-bond donors (Lipinski definition) is 0. The molecule has 0 saturated carbocycles. The molecule has 0 N–H and O–H groups in total. The van der Waals surface area contributed by atoms with Gasteiger partial charge in [-0.3, -0.25) is 14.4 Å². The van der Waals surface area contributed by atoms with E-state index in [0.29, 0.717) is 35.4 Å². The number of fused-ring (bicyclic) bond motifs is 5. The van der Waals surface area contributed by atoms with Crippen LogP contribution in [0.5, 0.6) is 0 Å². The minimum atomic E-state index is -1.55. The Morgan fingerprint density at radius 3 is 2.62 bits per heavy atom. The van der Waals surface area contributed by atoms with Crippen LogP contribution in [0.3, 0.4) is 0 Å². The molecule has 7 heteroatoms. The molecule has 1 aromatic heterocycles. The Balaban J connectivity index is 1.70. The molecular formula is C25H22N2O5. The van der Waals surface area contributed by atoms with Crippen molar-refractivity contribution in [3.63, 3.8) is 0 Å². The van der Waals surface area contributed by atoms with E-state index in [2.05, 4.69) is 0 Å². The largest absolute Gasteiger partial charge is 0.450 e. The smallest absolute Gasteiger partial charge is 0.291 e. The molecular weight excluding hydrogens is 408 g/mol. The molecule has 0 unspecified atom stereocenters. The van der Waals surface area contributed by atoms with Gasteiger partial charge in [-0.05, 0) is 38.0 Å². The van der Waals surface area contributed by atoms with Crippen LogP contribution in [0.2, 0.25) is 0 Å². The van der Waals surface area contributed by atoms with Crippen molar-refractivity contribution in [1.82, 2.24) is 4.90 Å². The Labute approximate surface area is 184 Å². The van der Waals surface area contributed by atoms with Gasteiger partial charge in [-0.25, -0.2) is 0 Å². The zero-order chi connectivity index (χ0) is 22.0. The second kappa shape index (κ2) is 6.77. The van der Waals surface area contributed by atoms with Gasteiger partial charge in [0.25, 0.3) is 11.8 Å². The number of rotatable bonds is 3. The highest BCUT2D eigenvalue weighted by molar-refractivity contribution is 6.17. The van der Waals surface area contributed by atoms with Crippen molar-refractivity contribution < 1.29 is 18.7 Å². The van der Waals surface area contributed by atoms with E-state index in [-0.39, 0.29) is 35.3 Å². The summed E-state index contributed by atoms with van der Waals surface area (Å²) in [6, 6.07) is 14.2. The van der Waals surface area contributed by atoms with Gasteiger partial charge in [-0.15, -0.1) is 0 Å². The van der Waals surface area contributed by atoms with Crippen molar-refractivity contribution >= 4 is 28.5 Å². The van der Waals surface area contributed by atoms with Crippen LogP contribution in [0.15, 0.2) is 57.7 Å². The lowest BCUT2D eigenvalue weighted by atomic mass is 9.83. The monoisotopic (exact) mass is 430 g/mol. The fraction of sp³-hybridized carbons (Fsp3) is 0.320. The van der Waals surface area contributed by atoms with Crippen molar-refractivity contribution in [3.05, 3.63) is 75.6 Å². The molecule has 1 fully saturated rings. The standard InChI is InChI=1S/C25H22N2O5/c1-2-26-18-11-5-4-10-17(18)25(24(26)30)20-21(28)16-9-3-6-12-19(16)32-22(20)23(29)27(25)14-15-8-7-13-31-15/h3-6,9-12,15H,2,7-8,13-14H2,1H3/t15-,25-/m0/s1. The molecule has 3 aliphatic rings. The lowest BCUT2D eigenvalue weighted by Gasteiger charge is -2.35. The molecule has 0 radical (unpaired) electrons. The van der Waals surface area contributed by atoms with Gasteiger partial charge in [0.15, 0.2) is 11.0 Å². The highest BCUT2D eigenvalue weighted by atomic mass is 16.5. The molecule has 0 aliphatic carbocycles. The fourth-order valence-electron chi connectivity index (χ4n) is 5.49. The van der Waals surface area contributed by atoms with Gasteiger partial charge in [0.2, 0.25) is 5.76 Å². The van der Waals surface area contributed by atoms with E-state index in [1.165, 1.54) is 4.90 Å². The van der Waals surface area contributed by atoms with E-state index in [0.717, 1.165) is 12.8 Å². The molecule has 2 amide bonds. The summed E-state index contributed by atoms with van der Waals surface area (Å²) in [5.41, 5.74) is -0.0797. The topological polar surface area (TPSA) is 80.1 Å². The van der Waals surface area contributed by atoms with Gasteiger partial charge < -0.3 is 19.0 Å². The van der Waals surface area contributed by atoms with Crippen molar-refractivity contribution in [2.24, 2.45) is 0 Å². The lowest BCUT2D eigenvalue weighted by Crippen LogP contribution is -2.55. The summed E-state index contributed by atoms with van der Waals surface area (Å²) in [6.45, 7) is 3.16.